The van der Waals surface area contributed by atoms with E-state index >= 15 is 0 Å². The topological polar surface area (TPSA) is 53.9 Å². The van der Waals surface area contributed by atoms with Gasteiger partial charge in [0.25, 0.3) is 0 Å². The molecule has 1 aromatic carbocycles. The van der Waals surface area contributed by atoms with Crippen molar-refractivity contribution < 1.29 is 0 Å². The van der Waals surface area contributed by atoms with E-state index in [2.05, 4.69) is 56.4 Å². The molecule has 0 radical (unpaired) electrons. The molecule has 0 spiro atoms. The lowest BCUT2D eigenvalue weighted by Gasteiger charge is -2.21. The van der Waals surface area contributed by atoms with Crippen LogP contribution in [0, 0.1) is 0 Å². The second-order valence-electron chi connectivity index (χ2n) is 5.46. The SMILES string of the molecule is CCN(Cc1ccccc1)c1nccc(NCc2cccnc2)n1. The van der Waals surface area contributed by atoms with Gasteiger partial charge in [0, 0.05) is 38.2 Å². The standard InChI is InChI=1S/C19H21N5/c1-2-24(15-16-7-4-3-5-8-16)19-21-12-10-18(23-19)22-14-17-9-6-11-20-13-17/h3-13H,2,14-15H2,1H3,(H,21,22,23). The second-order valence-corrected chi connectivity index (χ2v) is 5.46. The monoisotopic (exact) mass is 319 g/mol. The van der Waals surface area contributed by atoms with Gasteiger partial charge >= 0.3 is 0 Å². The Kier molecular flexibility index (Phi) is 5.35. The first-order valence-corrected chi connectivity index (χ1v) is 8.10. The number of rotatable bonds is 7. The first kappa shape index (κ1) is 15.9. The van der Waals surface area contributed by atoms with E-state index in [9.17, 15) is 0 Å². The zero-order valence-corrected chi connectivity index (χ0v) is 13.8. The Morgan fingerprint density at radius 1 is 0.958 bits per heavy atom. The third kappa shape index (κ3) is 4.29. The summed E-state index contributed by atoms with van der Waals surface area (Å²) in [6.45, 7) is 4.45. The molecule has 0 aliphatic carbocycles. The molecule has 1 N–H and O–H groups in total. The van der Waals surface area contributed by atoms with Gasteiger partial charge in [-0.3, -0.25) is 4.98 Å². The third-order valence-electron chi connectivity index (χ3n) is 3.72. The van der Waals surface area contributed by atoms with E-state index in [1.807, 2.05) is 30.5 Å². The highest BCUT2D eigenvalue weighted by molar-refractivity contribution is 5.42. The molecule has 2 aromatic heterocycles. The van der Waals surface area contributed by atoms with Crippen molar-refractivity contribution in [3.63, 3.8) is 0 Å². The molecule has 0 amide bonds. The first-order valence-electron chi connectivity index (χ1n) is 8.10. The molecule has 3 rings (SSSR count). The number of nitrogens with one attached hydrogen (secondary N) is 1. The van der Waals surface area contributed by atoms with Crippen molar-refractivity contribution in [3.05, 3.63) is 78.2 Å². The normalized spacial score (nSPS) is 10.4. The quantitative estimate of drug-likeness (QED) is 0.722. The van der Waals surface area contributed by atoms with Gasteiger partial charge in [0.05, 0.1) is 0 Å². The lowest BCUT2D eigenvalue weighted by molar-refractivity contribution is 0.791. The molecular formula is C19H21N5. The summed E-state index contributed by atoms with van der Waals surface area (Å²) in [4.78, 5) is 15.3. The molecule has 0 bridgehead atoms. The Labute approximate surface area is 142 Å². The van der Waals surface area contributed by atoms with Crippen LogP contribution in [0.1, 0.15) is 18.1 Å². The number of aromatic nitrogens is 3. The van der Waals surface area contributed by atoms with Crippen LogP contribution in [0.25, 0.3) is 0 Å². The Morgan fingerprint density at radius 3 is 2.54 bits per heavy atom. The highest BCUT2D eigenvalue weighted by Gasteiger charge is 2.09. The van der Waals surface area contributed by atoms with Crippen molar-refractivity contribution in [1.82, 2.24) is 15.0 Å². The van der Waals surface area contributed by atoms with Gasteiger partial charge in [-0.25, -0.2) is 4.98 Å². The van der Waals surface area contributed by atoms with Crippen LogP contribution < -0.4 is 10.2 Å². The molecular weight excluding hydrogens is 298 g/mol. The second kappa shape index (κ2) is 8.06. The summed E-state index contributed by atoms with van der Waals surface area (Å²) in [5.74, 6) is 1.55. The average molecular weight is 319 g/mol. The van der Waals surface area contributed by atoms with Crippen molar-refractivity contribution in [2.45, 2.75) is 20.0 Å². The van der Waals surface area contributed by atoms with E-state index in [0.29, 0.717) is 6.54 Å². The zero-order valence-electron chi connectivity index (χ0n) is 13.8. The van der Waals surface area contributed by atoms with Gasteiger partial charge in [0.1, 0.15) is 5.82 Å². The Bertz CT molecular complexity index is 746. The Morgan fingerprint density at radius 2 is 1.79 bits per heavy atom. The molecule has 0 saturated heterocycles. The molecule has 0 fully saturated rings. The number of hydrogen-bond donors (Lipinski definition) is 1. The molecule has 0 aliphatic heterocycles. The van der Waals surface area contributed by atoms with Crippen LogP contribution in [0.15, 0.2) is 67.1 Å². The van der Waals surface area contributed by atoms with E-state index in [1.54, 1.807) is 12.4 Å². The molecule has 0 saturated carbocycles. The number of nitrogens with zero attached hydrogens (tertiary/aromatic N) is 4. The number of anilines is 2. The summed E-state index contributed by atoms with van der Waals surface area (Å²) >= 11 is 0. The lowest BCUT2D eigenvalue weighted by Crippen LogP contribution is -2.24. The summed E-state index contributed by atoms with van der Waals surface area (Å²) in [6, 6.07) is 16.2. The van der Waals surface area contributed by atoms with Crippen LogP contribution >= 0.6 is 0 Å². The lowest BCUT2D eigenvalue weighted by atomic mass is 10.2. The zero-order chi connectivity index (χ0) is 16.6. The molecule has 0 atom stereocenters. The van der Waals surface area contributed by atoms with Gasteiger partial charge in [-0.2, -0.15) is 4.98 Å². The van der Waals surface area contributed by atoms with Crippen molar-refractivity contribution in [2.75, 3.05) is 16.8 Å². The summed E-state index contributed by atoms with van der Waals surface area (Å²) in [5.41, 5.74) is 2.37. The van der Waals surface area contributed by atoms with E-state index < -0.39 is 0 Å². The summed E-state index contributed by atoms with van der Waals surface area (Å²) in [5, 5.41) is 3.33. The summed E-state index contributed by atoms with van der Waals surface area (Å²) in [7, 11) is 0. The minimum Gasteiger partial charge on any atom is -0.366 e. The van der Waals surface area contributed by atoms with Gasteiger partial charge in [-0.15, -0.1) is 0 Å². The number of pyridine rings is 1. The number of hydrogen-bond acceptors (Lipinski definition) is 5. The van der Waals surface area contributed by atoms with Crippen molar-refractivity contribution in [2.24, 2.45) is 0 Å². The van der Waals surface area contributed by atoms with Gasteiger partial charge in [0.15, 0.2) is 0 Å². The maximum atomic E-state index is 4.64. The fourth-order valence-electron chi connectivity index (χ4n) is 2.42. The summed E-state index contributed by atoms with van der Waals surface area (Å²) in [6.07, 6.45) is 5.42. The van der Waals surface area contributed by atoms with Crippen LogP contribution in [0.2, 0.25) is 0 Å². The third-order valence-corrected chi connectivity index (χ3v) is 3.72. The predicted molar refractivity (Wildman–Crippen MR) is 96.8 cm³/mol. The van der Waals surface area contributed by atoms with Gasteiger partial charge in [0.2, 0.25) is 5.95 Å². The minimum atomic E-state index is 0.690. The van der Waals surface area contributed by atoms with Crippen LogP contribution in [-0.4, -0.2) is 21.5 Å². The largest absolute Gasteiger partial charge is 0.366 e. The van der Waals surface area contributed by atoms with Gasteiger partial charge in [-0.05, 0) is 30.2 Å². The molecule has 2 heterocycles. The molecule has 0 unspecified atom stereocenters. The van der Waals surface area contributed by atoms with Gasteiger partial charge < -0.3 is 10.2 Å². The van der Waals surface area contributed by atoms with E-state index in [1.165, 1.54) is 5.56 Å². The maximum Gasteiger partial charge on any atom is 0.227 e. The fourth-order valence-corrected chi connectivity index (χ4v) is 2.42. The van der Waals surface area contributed by atoms with Crippen LogP contribution in [0.5, 0.6) is 0 Å². The fraction of sp³-hybridized carbons (Fsp3) is 0.211. The Hall–Kier alpha value is -2.95. The minimum absolute atomic E-state index is 0.690. The van der Waals surface area contributed by atoms with Crippen LogP contribution in [0.3, 0.4) is 0 Å². The highest BCUT2D eigenvalue weighted by atomic mass is 15.3. The van der Waals surface area contributed by atoms with Crippen LogP contribution in [-0.2, 0) is 13.1 Å². The molecule has 5 nitrogen and oxygen atoms in total. The van der Waals surface area contributed by atoms with Gasteiger partial charge in [-0.1, -0.05) is 36.4 Å². The van der Waals surface area contributed by atoms with Crippen molar-refractivity contribution >= 4 is 11.8 Å². The smallest absolute Gasteiger partial charge is 0.227 e. The molecule has 0 aliphatic rings. The van der Waals surface area contributed by atoms with E-state index in [-0.39, 0.29) is 0 Å². The molecule has 122 valence electrons. The number of benzene rings is 1. The highest BCUT2D eigenvalue weighted by Crippen LogP contribution is 2.14. The van der Waals surface area contributed by atoms with E-state index in [0.717, 1.165) is 30.4 Å². The van der Waals surface area contributed by atoms with Crippen LogP contribution in [0.4, 0.5) is 11.8 Å². The molecule has 3 aromatic rings. The molecule has 5 heteroatoms. The van der Waals surface area contributed by atoms with Crippen molar-refractivity contribution in [1.29, 1.82) is 0 Å². The predicted octanol–water partition coefficient (Wildman–Crippen LogP) is 3.51. The summed E-state index contributed by atoms with van der Waals surface area (Å²) < 4.78 is 0. The van der Waals surface area contributed by atoms with E-state index in [4.69, 9.17) is 0 Å². The maximum absolute atomic E-state index is 4.64. The first-order chi connectivity index (χ1) is 11.8. The molecule has 24 heavy (non-hydrogen) atoms. The average Bonchev–Trinajstić information content (AvgIpc) is 2.66. The Balaban J connectivity index is 1.69. The van der Waals surface area contributed by atoms with Crippen molar-refractivity contribution in [3.8, 4) is 0 Å².